The molecule has 2 N–H and O–H groups in total. The maximum absolute atomic E-state index is 8.96. The Morgan fingerprint density at radius 2 is 2.25 bits per heavy atom. The fourth-order valence-electron chi connectivity index (χ4n) is 1.82. The van der Waals surface area contributed by atoms with E-state index in [1.54, 1.807) is 0 Å². The van der Waals surface area contributed by atoms with E-state index in [0.717, 1.165) is 25.2 Å². The molecule has 1 unspecified atom stereocenters. The molecule has 0 aliphatic carbocycles. The van der Waals surface area contributed by atoms with Crippen LogP contribution >= 0.6 is 0 Å². The molecular weight excluding hydrogens is 202 g/mol. The summed E-state index contributed by atoms with van der Waals surface area (Å²) in [7, 11) is 2.01. The molecule has 0 saturated heterocycles. The number of aliphatic hydroxyl groups excluding tert-OH is 1. The first-order valence-corrected chi connectivity index (χ1v) is 5.95. The molecule has 0 spiro atoms. The van der Waals surface area contributed by atoms with Gasteiger partial charge >= 0.3 is 0 Å². The molecule has 0 fully saturated rings. The van der Waals surface area contributed by atoms with E-state index in [1.165, 1.54) is 0 Å². The van der Waals surface area contributed by atoms with Gasteiger partial charge in [-0.15, -0.1) is 0 Å². The Kier molecular flexibility index (Phi) is 5.49. The van der Waals surface area contributed by atoms with Gasteiger partial charge in [-0.05, 0) is 12.3 Å². The lowest BCUT2D eigenvalue weighted by molar-refractivity contribution is 0.245. The highest BCUT2D eigenvalue weighted by atomic mass is 16.3. The Labute approximate surface area is 97.7 Å². The van der Waals surface area contributed by atoms with Crippen LogP contribution in [0.5, 0.6) is 0 Å². The van der Waals surface area contributed by atoms with Crippen molar-refractivity contribution in [3.63, 3.8) is 0 Å². The van der Waals surface area contributed by atoms with Crippen LogP contribution in [-0.2, 0) is 13.5 Å². The molecular formula is C12H23N3O. The average molecular weight is 225 g/mol. The number of aromatic nitrogens is 2. The zero-order chi connectivity index (χ0) is 12.0. The van der Waals surface area contributed by atoms with Crippen molar-refractivity contribution in [2.75, 3.05) is 13.2 Å². The minimum atomic E-state index is 0.248. The summed E-state index contributed by atoms with van der Waals surface area (Å²) >= 11 is 0. The lowest BCUT2D eigenvalue weighted by Crippen LogP contribution is -2.36. The highest BCUT2D eigenvalue weighted by Crippen LogP contribution is 2.05. The topological polar surface area (TPSA) is 50.1 Å². The summed E-state index contributed by atoms with van der Waals surface area (Å²) in [5, 5.41) is 12.4. The number of hydrogen-bond donors (Lipinski definition) is 2. The van der Waals surface area contributed by atoms with Crippen LogP contribution in [-0.4, -0.2) is 33.9 Å². The molecule has 0 amide bonds. The molecule has 16 heavy (non-hydrogen) atoms. The second-order valence-electron chi connectivity index (χ2n) is 4.52. The molecule has 4 nitrogen and oxygen atoms in total. The third-order valence-electron chi connectivity index (χ3n) is 2.92. The van der Waals surface area contributed by atoms with E-state index in [9.17, 15) is 0 Å². The van der Waals surface area contributed by atoms with Gasteiger partial charge in [-0.25, -0.2) is 4.98 Å². The second kappa shape index (κ2) is 6.66. The summed E-state index contributed by atoms with van der Waals surface area (Å²) in [6, 6.07) is 0.394. The smallest absolute Gasteiger partial charge is 0.109 e. The summed E-state index contributed by atoms with van der Waals surface area (Å²) in [5.41, 5.74) is 0. The third-order valence-corrected chi connectivity index (χ3v) is 2.92. The van der Waals surface area contributed by atoms with Crippen molar-refractivity contribution in [1.29, 1.82) is 0 Å². The van der Waals surface area contributed by atoms with Gasteiger partial charge in [0.25, 0.3) is 0 Å². The summed E-state index contributed by atoms with van der Waals surface area (Å²) in [5.74, 6) is 1.65. The van der Waals surface area contributed by atoms with Crippen LogP contribution in [0, 0.1) is 5.92 Å². The van der Waals surface area contributed by atoms with Crippen LogP contribution in [0.2, 0.25) is 0 Å². The number of aryl methyl sites for hydroxylation is 1. The van der Waals surface area contributed by atoms with Gasteiger partial charge in [-0.2, -0.15) is 0 Å². The van der Waals surface area contributed by atoms with Gasteiger partial charge in [0, 0.05) is 45.1 Å². The molecule has 0 bridgehead atoms. The van der Waals surface area contributed by atoms with Crippen molar-refractivity contribution in [3.8, 4) is 0 Å². The first kappa shape index (κ1) is 13.2. The predicted molar refractivity (Wildman–Crippen MR) is 65.2 cm³/mol. The largest absolute Gasteiger partial charge is 0.396 e. The van der Waals surface area contributed by atoms with Crippen LogP contribution < -0.4 is 5.32 Å². The quantitative estimate of drug-likeness (QED) is 0.726. The van der Waals surface area contributed by atoms with Crippen LogP contribution in [0.25, 0.3) is 0 Å². The van der Waals surface area contributed by atoms with Crippen molar-refractivity contribution in [2.24, 2.45) is 13.0 Å². The van der Waals surface area contributed by atoms with Crippen molar-refractivity contribution < 1.29 is 5.11 Å². The normalized spacial score (nSPS) is 13.3. The highest BCUT2D eigenvalue weighted by Gasteiger charge is 2.11. The molecule has 92 valence electrons. The number of nitrogens with zero attached hydrogens (tertiary/aromatic N) is 2. The molecule has 1 atom stereocenters. The van der Waals surface area contributed by atoms with Gasteiger partial charge in [-0.3, -0.25) is 0 Å². The number of nitrogens with one attached hydrogen (secondary N) is 1. The maximum atomic E-state index is 8.96. The fraction of sp³-hybridized carbons (Fsp3) is 0.750. The Hall–Kier alpha value is -0.870. The van der Waals surface area contributed by atoms with Crippen LogP contribution in [0.4, 0.5) is 0 Å². The lowest BCUT2D eigenvalue weighted by Gasteiger charge is -2.21. The molecule has 0 saturated carbocycles. The van der Waals surface area contributed by atoms with Crippen LogP contribution in [0.15, 0.2) is 12.4 Å². The molecule has 1 rings (SSSR count). The minimum absolute atomic E-state index is 0.248. The van der Waals surface area contributed by atoms with Crippen molar-refractivity contribution >= 4 is 0 Å². The molecule has 1 aromatic heterocycles. The van der Waals surface area contributed by atoms with E-state index >= 15 is 0 Å². The molecule has 4 heteroatoms. The Bertz CT molecular complexity index is 296. The minimum Gasteiger partial charge on any atom is -0.396 e. The van der Waals surface area contributed by atoms with E-state index in [0.29, 0.717) is 12.0 Å². The fourth-order valence-corrected chi connectivity index (χ4v) is 1.82. The van der Waals surface area contributed by atoms with Crippen LogP contribution in [0.1, 0.15) is 26.1 Å². The zero-order valence-corrected chi connectivity index (χ0v) is 10.5. The van der Waals surface area contributed by atoms with Gasteiger partial charge in [0.2, 0.25) is 0 Å². The van der Waals surface area contributed by atoms with Crippen molar-refractivity contribution in [2.45, 2.75) is 32.7 Å². The standard InChI is InChI=1S/C12H23N3O/c1-10(2)11(5-9-16)13-6-4-12-14-7-8-15(12)3/h7-8,10-11,13,16H,4-6,9H2,1-3H3. The van der Waals surface area contributed by atoms with Gasteiger partial charge in [0.15, 0.2) is 0 Å². The number of imidazole rings is 1. The summed E-state index contributed by atoms with van der Waals surface area (Å²) in [6.45, 7) is 5.51. The zero-order valence-electron chi connectivity index (χ0n) is 10.5. The molecule has 0 aliphatic rings. The SMILES string of the molecule is CC(C)C(CCO)NCCc1nccn1C. The first-order valence-electron chi connectivity index (χ1n) is 5.95. The molecule has 1 heterocycles. The van der Waals surface area contributed by atoms with E-state index in [-0.39, 0.29) is 6.61 Å². The van der Waals surface area contributed by atoms with Crippen molar-refractivity contribution in [1.82, 2.24) is 14.9 Å². The van der Waals surface area contributed by atoms with Gasteiger partial charge < -0.3 is 15.0 Å². The number of rotatable bonds is 7. The van der Waals surface area contributed by atoms with Crippen molar-refractivity contribution in [3.05, 3.63) is 18.2 Å². The van der Waals surface area contributed by atoms with E-state index in [2.05, 4.69) is 24.1 Å². The van der Waals surface area contributed by atoms with Gasteiger partial charge in [0.1, 0.15) is 5.82 Å². The summed E-state index contributed by atoms with van der Waals surface area (Å²) in [4.78, 5) is 4.28. The first-order chi connectivity index (χ1) is 7.65. The second-order valence-corrected chi connectivity index (χ2v) is 4.52. The monoisotopic (exact) mass is 225 g/mol. The van der Waals surface area contributed by atoms with E-state index in [4.69, 9.17) is 5.11 Å². The average Bonchev–Trinajstić information content (AvgIpc) is 2.63. The van der Waals surface area contributed by atoms with E-state index < -0.39 is 0 Å². The lowest BCUT2D eigenvalue weighted by atomic mass is 10.0. The third kappa shape index (κ3) is 3.94. The van der Waals surface area contributed by atoms with Gasteiger partial charge in [-0.1, -0.05) is 13.8 Å². The van der Waals surface area contributed by atoms with Crippen LogP contribution in [0.3, 0.4) is 0 Å². The molecule has 0 aromatic carbocycles. The highest BCUT2D eigenvalue weighted by molar-refractivity contribution is 4.91. The maximum Gasteiger partial charge on any atom is 0.109 e. The molecule has 0 radical (unpaired) electrons. The number of aliphatic hydroxyl groups is 1. The number of hydrogen-bond acceptors (Lipinski definition) is 3. The predicted octanol–water partition coefficient (Wildman–Crippen LogP) is 0.959. The summed E-state index contributed by atoms with van der Waals surface area (Å²) in [6.07, 6.45) is 5.53. The Morgan fingerprint density at radius 3 is 2.75 bits per heavy atom. The molecule has 1 aromatic rings. The van der Waals surface area contributed by atoms with E-state index in [1.807, 2.05) is 24.0 Å². The van der Waals surface area contributed by atoms with Gasteiger partial charge in [0.05, 0.1) is 0 Å². The Morgan fingerprint density at radius 1 is 1.50 bits per heavy atom. The molecule has 0 aliphatic heterocycles. The summed E-state index contributed by atoms with van der Waals surface area (Å²) < 4.78 is 2.04. The Balaban J connectivity index is 2.30.